The van der Waals surface area contributed by atoms with Gasteiger partial charge in [-0.05, 0) is 44.9 Å². The van der Waals surface area contributed by atoms with Crippen molar-refractivity contribution in [2.75, 3.05) is 20.7 Å². The predicted octanol–water partition coefficient (Wildman–Crippen LogP) is 1.09. The van der Waals surface area contributed by atoms with Crippen molar-refractivity contribution in [3.8, 4) is 0 Å². The number of hydrogen-bond donors (Lipinski definition) is 1. The molecule has 1 atom stereocenters. The molecule has 22 heavy (non-hydrogen) atoms. The van der Waals surface area contributed by atoms with Crippen LogP contribution in [0.4, 0.5) is 0 Å². The van der Waals surface area contributed by atoms with Gasteiger partial charge in [-0.3, -0.25) is 9.59 Å². The second kappa shape index (κ2) is 7.61. The molecule has 0 aromatic carbocycles. The van der Waals surface area contributed by atoms with E-state index in [1.807, 2.05) is 0 Å². The lowest BCUT2D eigenvalue weighted by molar-refractivity contribution is -0.157. The lowest BCUT2D eigenvalue weighted by Gasteiger charge is -2.37. The minimum Gasteiger partial charge on any atom is -0.467 e. The summed E-state index contributed by atoms with van der Waals surface area (Å²) in [5.41, 5.74) is 0. The molecule has 1 heterocycles. The minimum absolute atomic E-state index is 0.0202. The number of methoxy groups -OCH3 is 1. The predicted molar refractivity (Wildman–Crippen MR) is 80.9 cm³/mol. The average Bonchev–Trinajstić information content (AvgIpc) is 2.59. The molecule has 6 heteroatoms. The lowest BCUT2D eigenvalue weighted by Crippen LogP contribution is -2.51. The number of hydrogen-bond acceptors (Lipinski definition) is 4. The monoisotopic (exact) mass is 310 g/mol. The average molecular weight is 310 g/mol. The van der Waals surface area contributed by atoms with Crippen LogP contribution in [-0.4, -0.2) is 49.4 Å². The van der Waals surface area contributed by atoms with Crippen LogP contribution >= 0.6 is 0 Å². The highest BCUT2D eigenvalue weighted by Gasteiger charge is 2.38. The third kappa shape index (κ3) is 3.59. The Balaban J connectivity index is 1.96. The van der Waals surface area contributed by atoms with Crippen molar-refractivity contribution in [2.45, 2.75) is 51.0 Å². The quantitative estimate of drug-likeness (QED) is 0.792. The minimum atomic E-state index is -0.428. The van der Waals surface area contributed by atoms with Gasteiger partial charge in [0.2, 0.25) is 11.8 Å². The fourth-order valence-electron chi connectivity index (χ4n) is 3.62. The van der Waals surface area contributed by atoms with E-state index in [2.05, 4.69) is 5.32 Å². The van der Waals surface area contributed by atoms with Crippen LogP contribution in [0.15, 0.2) is 0 Å². The Hall–Kier alpha value is -1.59. The van der Waals surface area contributed by atoms with Crippen molar-refractivity contribution in [2.24, 2.45) is 11.8 Å². The summed E-state index contributed by atoms with van der Waals surface area (Å²) in [6.45, 7) is 0.633. The largest absolute Gasteiger partial charge is 0.467 e. The van der Waals surface area contributed by atoms with Crippen LogP contribution < -0.4 is 5.32 Å². The van der Waals surface area contributed by atoms with E-state index in [-0.39, 0.29) is 29.6 Å². The first-order valence-corrected chi connectivity index (χ1v) is 8.18. The highest BCUT2D eigenvalue weighted by molar-refractivity contribution is 5.86. The Morgan fingerprint density at radius 2 is 1.64 bits per heavy atom. The zero-order valence-corrected chi connectivity index (χ0v) is 13.5. The van der Waals surface area contributed by atoms with Crippen molar-refractivity contribution in [1.29, 1.82) is 0 Å². The third-order valence-electron chi connectivity index (χ3n) is 4.95. The van der Waals surface area contributed by atoms with E-state index in [1.165, 1.54) is 7.11 Å². The summed E-state index contributed by atoms with van der Waals surface area (Å²) in [5, 5.41) is 2.68. The molecule has 2 rings (SSSR count). The van der Waals surface area contributed by atoms with Gasteiger partial charge in [-0.2, -0.15) is 0 Å². The molecule has 0 aromatic heterocycles. The van der Waals surface area contributed by atoms with Crippen LogP contribution in [0, 0.1) is 11.8 Å². The maximum atomic E-state index is 12.7. The molecule has 2 fully saturated rings. The van der Waals surface area contributed by atoms with E-state index in [0.29, 0.717) is 13.0 Å². The summed E-state index contributed by atoms with van der Waals surface area (Å²) < 4.78 is 4.83. The molecule has 0 aromatic rings. The van der Waals surface area contributed by atoms with E-state index in [4.69, 9.17) is 4.74 Å². The topological polar surface area (TPSA) is 75.7 Å². The summed E-state index contributed by atoms with van der Waals surface area (Å²) >= 11 is 0. The number of carbonyl (C=O) groups is 3. The zero-order chi connectivity index (χ0) is 16.1. The zero-order valence-electron chi connectivity index (χ0n) is 13.5. The van der Waals surface area contributed by atoms with Gasteiger partial charge in [0.1, 0.15) is 6.04 Å². The highest BCUT2D eigenvalue weighted by atomic mass is 16.5. The van der Waals surface area contributed by atoms with Gasteiger partial charge in [0.25, 0.3) is 0 Å². The van der Waals surface area contributed by atoms with Crippen molar-refractivity contribution in [3.05, 3.63) is 0 Å². The lowest BCUT2D eigenvalue weighted by atomic mass is 9.80. The number of amides is 2. The fourth-order valence-corrected chi connectivity index (χ4v) is 3.62. The van der Waals surface area contributed by atoms with Crippen molar-refractivity contribution in [1.82, 2.24) is 10.2 Å². The number of carbonyl (C=O) groups excluding carboxylic acids is 3. The fraction of sp³-hybridized carbons (Fsp3) is 0.812. The molecular formula is C16H26N2O4. The number of nitrogens with zero attached hydrogens (tertiary/aromatic N) is 1. The number of ether oxygens (including phenoxy) is 1. The maximum Gasteiger partial charge on any atom is 0.328 e. The molecule has 1 unspecified atom stereocenters. The number of rotatable bonds is 3. The van der Waals surface area contributed by atoms with Crippen LogP contribution in [0.1, 0.15) is 44.9 Å². The van der Waals surface area contributed by atoms with Crippen LogP contribution in [0.5, 0.6) is 0 Å². The molecular weight excluding hydrogens is 284 g/mol. The molecule has 1 saturated heterocycles. The van der Waals surface area contributed by atoms with Crippen molar-refractivity contribution < 1.29 is 19.1 Å². The van der Waals surface area contributed by atoms with Gasteiger partial charge in [0.05, 0.1) is 7.11 Å². The Labute approximate surface area is 131 Å². The number of esters is 1. The van der Waals surface area contributed by atoms with E-state index in [1.54, 1.807) is 11.9 Å². The molecule has 1 aliphatic carbocycles. The molecule has 6 nitrogen and oxygen atoms in total. The summed E-state index contributed by atoms with van der Waals surface area (Å²) in [4.78, 5) is 38.0. The molecule has 1 saturated carbocycles. The Morgan fingerprint density at radius 3 is 2.23 bits per heavy atom. The second-order valence-electron chi connectivity index (χ2n) is 6.23. The second-order valence-corrected chi connectivity index (χ2v) is 6.23. The molecule has 0 spiro atoms. The van der Waals surface area contributed by atoms with E-state index < -0.39 is 6.04 Å². The molecule has 0 radical (unpaired) electrons. The molecule has 1 N–H and O–H groups in total. The summed E-state index contributed by atoms with van der Waals surface area (Å²) in [7, 11) is 3.02. The normalized spacial score (nSPS) is 28.8. The summed E-state index contributed by atoms with van der Waals surface area (Å²) in [5.74, 6) is -0.230. The van der Waals surface area contributed by atoms with Gasteiger partial charge in [-0.25, -0.2) is 4.79 Å². The van der Waals surface area contributed by atoms with Crippen LogP contribution in [0.2, 0.25) is 0 Å². The van der Waals surface area contributed by atoms with Crippen molar-refractivity contribution >= 4 is 17.8 Å². The van der Waals surface area contributed by atoms with Gasteiger partial charge in [-0.1, -0.05) is 0 Å². The van der Waals surface area contributed by atoms with Gasteiger partial charge >= 0.3 is 5.97 Å². The van der Waals surface area contributed by atoms with Gasteiger partial charge in [-0.15, -0.1) is 0 Å². The molecule has 2 amide bonds. The van der Waals surface area contributed by atoms with Crippen molar-refractivity contribution in [3.63, 3.8) is 0 Å². The molecule has 2 aliphatic rings. The standard InChI is InChI=1S/C16H26N2O4/c1-17-14(19)11-6-8-12(9-7-11)15(20)18-10-4-3-5-13(18)16(21)22-2/h11-13H,3-10H2,1-2H3,(H,17,19). The molecule has 0 bridgehead atoms. The Kier molecular flexibility index (Phi) is 5.80. The van der Waals surface area contributed by atoms with E-state index in [9.17, 15) is 14.4 Å². The first kappa shape index (κ1) is 16.8. The van der Waals surface area contributed by atoms with E-state index in [0.717, 1.165) is 38.5 Å². The molecule has 124 valence electrons. The molecule has 1 aliphatic heterocycles. The van der Waals surface area contributed by atoms with Crippen LogP contribution in [0.3, 0.4) is 0 Å². The SMILES string of the molecule is CNC(=O)C1CCC(C(=O)N2CCCCC2C(=O)OC)CC1. The Morgan fingerprint density at radius 1 is 1.00 bits per heavy atom. The van der Waals surface area contributed by atoms with Gasteiger partial charge in [0.15, 0.2) is 0 Å². The van der Waals surface area contributed by atoms with E-state index >= 15 is 0 Å². The van der Waals surface area contributed by atoms with Crippen LogP contribution in [0.25, 0.3) is 0 Å². The number of nitrogens with one attached hydrogen (secondary N) is 1. The van der Waals surface area contributed by atoms with Gasteiger partial charge < -0.3 is 15.0 Å². The highest BCUT2D eigenvalue weighted by Crippen LogP contribution is 2.32. The summed E-state index contributed by atoms with van der Waals surface area (Å²) in [6, 6.07) is -0.428. The third-order valence-corrected chi connectivity index (χ3v) is 4.95. The smallest absolute Gasteiger partial charge is 0.328 e. The van der Waals surface area contributed by atoms with Crippen LogP contribution in [-0.2, 0) is 19.1 Å². The number of piperidine rings is 1. The maximum absolute atomic E-state index is 12.7. The number of likely N-dealkylation sites (tertiary alicyclic amines) is 1. The Bertz CT molecular complexity index is 430. The summed E-state index contributed by atoms with van der Waals surface area (Å²) in [6.07, 6.45) is 5.51. The first-order valence-electron chi connectivity index (χ1n) is 8.18. The van der Waals surface area contributed by atoms with Gasteiger partial charge in [0, 0.05) is 25.4 Å². The first-order chi connectivity index (χ1) is 10.6.